The highest BCUT2D eigenvalue weighted by atomic mass is 79.9. The molecule has 17 heavy (non-hydrogen) atoms. The monoisotopic (exact) mass is 298 g/mol. The summed E-state index contributed by atoms with van der Waals surface area (Å²) in [6.07, 6.45) is 6.15. The van der Waals surface area contributed by atoms with Gasteiger partial charge in [0.25, 0.3) is 0 Å². The van der Waals surface area contributed by atoms with E-state index in [1.807, 2.05) is 24.3 Å². The van der Waals surface area contributed by atoms with Gasteiger partial charge in [-0.3, -0.25) is 0 Å². The third kappa shape index (κ3) is 4.00. The quantitative estimate of drug-likeness (QED) is 0.913. The predicted molar refractivity (Wildman–Crippen MR) is 72.3 cm³/mol. The minimum absolute atomic E-state index is 0.479. The Hall–Kier alpha value is -0.540. The maximum atomic E-state index is 10.3. The molecule has 1 aliphatic carbocycles. The molecule has 0 saturated heterocycles. The third-order valence-electron chi connectivity index (χ3n) is 3.43. The van der Waals surface area contributed by atoms with Gasteiger partial charge in [0.15, 0.2) is 0 Å². The lowest BCUT2D eigenvalue weighted by molar-refractivity contribution is -0.0135. The van der Waals surface area contributed by atoms with E-state index in [1.54, 1.807) is 0 Å². The van der Waals surface area contributed by atoms with E-state index in [0.29, 0.717) is 6.61 Å². The summed E-state index contributed by atoms with van der Waals surface area (Å²) >= 11 is 3.39. The topological polar surface area (TPSA) is 29.5 Å². The second kappa shape index (κ2) is 5.87. The molecule has 0 amide bonds. The first-order valence-corrected chi connectivity index (χ1v) is 7.08. The van der Waals surface area contributed by atoms with Crippen LogP contribution in [0.25, 0.3) is 0 Å². The molecule has 0 aliphatic heterocycles. The molecule has 0 radical (unpaired) electrons. The van der Waals surface area contributed by atoms with Crippen LogP contribution in [0.15, 0.2) is 28.7 Å². The summed E-state index contributed by atoms with van der Waals surface area (Å²) < 4.78 is 6.70. The SMILES string of the molecule is OC1(CCOc2ccc(Br)cc2)CCCCC1. The molecule has 1 N–H and O–H groups in total. The zero-order chi connectivity index (χ0) is 12.1. The summed E-state index contributed by atoms with van der Waals surface area (Å²) in [5, 5.41) is 10.3. The maximum Gasteiger partial charge on any atom is 0.119 e. The van der Waals surface area contributed by atoms with E-state index >= 15 is 0 Å². The molecular weight excluding hydrogens is 280 g/mol. The summed E-state index contributed by atoms with van der Waals surface area (Å²) in [5.74, 6) is 0.868. The second-order valence-electron chi connectivity index (χ2n) is 4.84. The van der Waals surface area contributed by atoms with Crippen molar-refractivity contribution in [1.82, 2.24) is 0 Å². The largest absolute Gasteiger partial charge is 0.493 e. The van der Waals surface area contributed by atoms with Crippen LogP contribution in [-0.4, -0.2) is 17.3 Å². The molecule has 1 fully saturated rings. The third-order valence-corrected chi connectivity index (χ3v) is 3.96. The van der Waals surface area contributed by atoms with E-state index in [1.165, 1.54) is 6.42 Å². The van der Waals surface area contributed by atoms with Gasteiger partial charge in [0, 0.05) is 10.9 Å². The molecule has 1 saturated carbocycles. The Morgan fingerprint density at radius 3 is 2.41 bits per heavy atom. The van der Waals surface area contributed by atoms with E-state index in [0.717, 1.165) is 42.3 Å². The van der Waals surface area contributed by atoms with Gasteiger partial charge >= 0.3 is 0 Å². The minimum atomic E-state index is -0.479. The molecular formula is C14H19BrO2. The van der Waals surface area contributed by atoms with E-state index < -0.39 is 5.60 Å². The molecule has 0 atom stereocenters. The van der Waals surface area contributed by atoms with Gasteiger partial charge in [-0.05, 0) is 37.1 Å². The van der Waals surface area contributed by atoms with Crippen molar-refractivity contribution in [3.63, 3.8) is 0 Å². The normalized spacial score (nSPS) is 18.9. The number of ether oxygens (including phenoxy) is 1. The highest BCUT2D eigenvalue weighted by Crippen LogP contribution is 2.30. The fraction of sp³-hybridized carbons (Fsp3) is 0.571. The van der Waals surface area contributed by atoms with Gasteiger partial charge in [-0.1, -0.05) is 35.2 Å². The van der Waals surface area contributed by atoms with Crippen molar-refractivity contribution in [3.8, 4) is 5.75 Å². The number of benzene rings is 1. The molecule has 1 aliphatic rings. The molecule has 2 nitrogen and oxygen atoms in total. The Morgan fingerprint density at radius 1 is 1.12 bits per heavy atom. The van der Waals surface area contributed by atoms with E-state index in [4.69, 9.17) is 4.74 Å². The highest BCUT2D eigenvalue weighted by molar-refractivity contribution is 9.10. The second-order valence-corrected chi connectivity index (χ2v) is 5.75. The number of hydrogen-bond donors (Lipinski definition) is 1. The lowest BCUT2D eigenvalue weighted by atomic mass is 9.83. The Balaban J connectivity index is 1.77. The van der Waals surface area contributed by atoms with Crippen LogP contribution in [0.5, 0.6) is 5.75 Å². The van der Waals surface area contributed by atoms with Gasteiger partial charge in [-0.2, -0.15) is 0 Å². The summed E-state index contributed by atoms with van der Waals surface area (Å²) in [6.45, 7) is 0.595. The zero-order valence-electron chi connectivity index (χ0n) is 9.99. The minimum Gasteiger partial charge on any atom is -0.493 e. The molecule has 1 aromatic rings. The fourth-order valence-corrected chi connectivity index (χ4v) is 2.61. The molecule has 94 valence electrons. The Labute approximate surface area is 111 Å². The Morgan fingerprint density at radius 2 is 1.76 bits per heavy atom. The zero-order valence-corrected chi connectivity index (χ0v) is 11.6. The summed E-state index contributed by atoms with van der Waals surface area (Å²) in [6, 6.07) is 7.80. The first-order chi connectivity index (χ1) is 8.18. The van der Waals surface area contributed by atoms with Crippen molar-refractivity contribution >= 4 is 15.9 Å². The van der Waals surface area contributed by atoms with Gasteiger partial charge in [0.2, 0.25) is 0 Å². The van der Waals surface area contributed by atoms with Crippen LogP contribution in [-0.2, 0) is 0 Å². The van der Waals surface area contributed by atoms with Crippen molar-refractivity contribution in [2.24, 2.45) is 0 Å². The van der Waals surface area contributed by atoms with Crippen LogP contribution in [0.2, 0.25) is 0 Å². The van der Waals surface area contributed by atoms with E-state index in [2.05, 4.69) is 15.9 Å². The van der Waals surface area contributed by atoms with Crippen LogP contribution >= 0.6 is 15.9 Å². The molecule has 1 aromatic carbocycles. The first-order valence-electron chi connectivity index (χ1n) is 6.29. The lowest BCUT2D eigenvalue weighted by Gasteiger charge is -2.31. The highest BCUT2D eigenvalue weighted by Gasteiger charge is 2.28. The van der Waals surface area contributed by atoms with Crippen LogP contribution < -0.4 is 4.74 Å². The predicted octanol–water partition coefficient (Wildman–Crippen LogP) is 3.91. The average molecular weight is 299 g/mol. The standard InChI is InChI=1S/C14H19BrO2/c15-12-4-6-13(7-5-12)17-11-10-14(16)8-2-1-3-9-14/h4-7,16H,1-3,8-11H2. The van der Waals surface area contributed by atoms with Crippen molar-refractivity contribution in [2.75, 3.05) is 6.61 Å². The number of halogens is 1. The fourth-order valence-electron chi connectivity index (χ4n) is 2.35. The number of aliphatic hydroxyl groups is 1. The Kier molecular flexibility index (Phi) is 4.46. The van der Waals surface area contributed by atoms with Gasteiger partial charge in [0.05, 0.1) is 12.2 Å². The van der Waals surface area contributed by atoms with Gasteiger partial charge in [-0.25, -0.2) is 0 Å². The molecule has 0 heterocycles. The molecule has 3 heteroatoms. The number of rotatable bonds is 4. The summed E-state index contributed by atoms with van der Waals surface area (Å²) in [4.78, 5) is 0. The van der Waals surface area contributed by atoms with Crippen LogP contribution in [0.4, 0.5) is 0 Å². The van der Waals surface area contributed by atoms with Crippen molar-refractivity contribution in [1.29, 1.82) is 0 Å². The average Bonchev–Trinajstić information content (AvgIpc) is 2.32. The van der Waals surface area contributed by atoms with Crippen molar-refractivity contribution in [3.05, 3.63) is 28.7 Å². The smallest absolute Gasteiger partial charge is 0.119 e. The van der Waals surface area contributed by atoms with E-state index in [9.17, 15) is 5.11 Å². The molecule has 0 aromatic heterocycles. The molecule has 2 rings (SSSR count). The Bertz CT molecular complexity index is 342. The van der Waals surface area contributed by atoms with E-state index in [-0.39, 0.29) is 0 Å². The van der Waals surface area contributed by atoms with Crippen LogP contribution in [0.3, 0.4) is 0 Å². The van der Waals surface area contributed by atoms with Crippen LogP contribution in [0, 0.1) is 0 Å². The van der Waals surface area contributed by atoms with Crippen LogP contribution in [0.1, 0.15) is 38.5 Å². The van der Waals surface area contributed by atoms with Crippen molar-refractivity contribution in [2.45, 2.75) is 44.1 Å². The number of hydrogen-bond acceptors (Lipinski definition) is 2. The lowest BCUT2D eigenvalue weighted by Crippen LogP contribution is -2.33. The molecule has 0 bridgehead atoms. The van der Waals surface area contributed by atoms with Gasteiger partial charge < -0.3 is 9.84 Å². The molecule has 0 spiro atoms. The van der Waals surface area contributed by atoms with Gasteiger partial charge in [-0.15, -0.1) is 0 Å². The summed E-state index contributed by atoms with van der Waals surface area (Å²) in [5.41, 5.74) is -0.479. The van der Waals surface area contributed by atoms with Crippen molar-refractivity contribution < 1.29 is 9.84 Å². The first kappa shape index (κ1) is 12.9. The van der Waals surface area contributed by atoms with Gasteiger partial charge in [0.1, 0.15) is 5.75 Å². The maximum absolute atomic E-state index is 10.3. The molecule has 0 unspecified atom stereocenters. The summed E-state index contributed by atoms with van der Waals surface area (Å²) in [7, 11) is 0.